The van der Waals surface area contributed by atoms with E-state index in [2.05, 4.69) is 54.9 Å². The van der Waals surface area contributed by atoms with Crippen molar-refractivity contribution in [2.75, 3.05) is 20.6 Å². The van der Waals surface area contributed by atoms with E-state index < -0.39 is 0 Å². The molecule has 1 aliphatic carbocycles. The second-order valence-corrected chi connectivity index (χ2v) is 8.09. The lowest BCUT2D eigenvalue weighted by molar-refractivity contribution is 0.394. The van der Waals surface area contributed by atoms with E-state index in [4.69, 9.17) is 0 Å². The zero-order valence-corrected chi connectivity index (χ0v) is 16.8. The molecule has 0 aliphatic heterocycles. The van der Waals surface area contributed by atoms with Gasteiger partial charge in [-0.15, -0.1) is 0 Å². The highest BCUT2D eigenvalue weighted by molar-refractivity contribution is 5.60. The fourth-order valence-corrected chi connectivity index (χ4v) is 3.78. The Morgan fingerprint density at radius 3 is 2.50 bits per heavy atom. The molecule has 0 bridgehead atoms. The zero-order chi connectivity index (χ0) is 18.8. The predicted molar refractivity (Wildman–Crippen MR) is 108 cm³/mol. The number of unbranched alkanes of at least 4 members (excludes halogenated alkanes) is 1. The predicted octanol–water partition coefficient (Wildman–Crippen LogP) is 2.12. The van der Waals surface area contributed by atoms with Gasteiger partial charge in [-0.1, -0.05) is 13.8 Å². The third-order valence-electron chi connectivity index (χ3n) is 5.21. The molecule has 0 unspecified atom stereocenters. The van der Waals surface area contributed by atoms with Gasteiger partial charge in [0, 0.05) is 11.4 Å². The summed E-state index contributed by atoms with van der Waals surface area (Å²) in [7, 11) is 4.25. The van der Waals surface area contributed by atoms with Crippen LogP contribution in [0.4, 0.5) is 0 Å². The number of aromatic nitrogens is 3. The van der Waals surface area contributed by atoms with E-state index in [1.165, 1.54) is 35.2 Å². The molecule has 0 atom stereocenters. The van der Waals surface area contributed by atoms with Crippen LogP contribution >= 0.6 is 0 Å². The van der Waals surface area contributed by atoms with Crippen LogP contribution in [0.2, 0.25) is 0 Å². The van der Waals surface area contributed by atoms with Crippen molar-refractivity contribution in [3.8, 4) is 0 Å². The van der Waals surface area contributed by atoms with Crippen molar-refractivity contribution in [2.45, 2.75) is 58.8 Å². The highest BCUT2D eigenvalue weighted by Gasteiger charge is 2.18. The molecule has 2 heterocycles. The number of rotatable bonds is 7. The van der Waals surface area contributed by atoms with Crippen LogP contribution < -0.4 is 16.1 Å². The molecule has 0 spiro atoms. The molecule has 1 fully saturated rings. The molecule has 26 heavy (non-hydrogen) atoms. The Morgan fingerprint density at radius 2 is 1.88 bits per heavy atom. The van der Waals surface area contributed by atoms with Gasteiger partial charge in [-0.3, -0.25) is 15.0 Å². The van der Waals surface area contributed by atoms with Gasteiger partial charge in [0.05, 0.1) is 10.6 Å². The third-order valence-corrected chi connectivity index (χ3v) is 5.21. The Hall–Kier alpha value is -2.01. The van der Waals surface area contributed by atoms with Crippen LogP contribution in [0.15, 0.2) is 4.79 Å². The number of hydrogen-bond donors (Lipinski definition) is 3. The van der Waals surface area contributed by atoms with Crippen LogP contribution in [-0.4, -0.2) is 40.7 Å². The van der Waals surface area contributed by atoms with Crippen LogP contribution in [0, 0.1) is 6.92 Å². The molecule has 142 valence electrons. The summed E-state index contributed by atoms with van der Waals surface area (Å²) in [4.78, 5) is 18.1. The normalized spacial score (nSPS) is 14.9. The average molecular weight is 357 g/mol. The first-order chi connectivity index (χ1) is 12.4. The molecule has 1 saturated carbocycles. The van der Waals surface area contributed by atoms with Gasteiger partial charge in [0.25, 0.3) is 5.56 Å². The van der Waals surface area contributed by atoms with Crippen molar-refractivity contribution in [2.24, 2.45) is 0 Å². The van der Waals surface area contributed by atoms with Gasteiger partial charge in [-0.25, -0.2) is 0 Å². The fraction of sp³-hybridized carbons (Fsp3) is 0.571. The summed E-state index contributed by atoms with van der Waals surface area (Å²) in [6.07, 6.45) is 7.70. The van der Waals surface area contributed by atoms with Crippen LogP contribution in [0.5, 0.6) is 0 Å². The highest BCUT2D eigenvalue weighted by Crippen LogP contribution is 2.29. The van der Waals surface area contributed by atoms with Crippen LogP contribution in [0.1, 0.15) is 68.0 Å². The molecule has 5 heteroatoms. The van der Waals surface area contributed by atoms with Crippen molar-refractivity contribution in [3.05, 3.63) is 43.4 Å². The maximum atomic E-state index is 12.3. The van der Waals surface area contributed by atoms with E-state index in [0.717, 1.165) is 42.1 Å². The summed E-state index contributed by atoms with van der Waals surface area (Å²) < 4.78 is 0. The molecule has 0 aromatic carbocycles. The van der Waals surface area contributed by atoms with E-state index in [1.54, 1.807) is 0 Å². The van der Waals surface area contributed by atoms with Gasteiger partial charge >= 0.3 is 0 Å². The van der Waals surface area contributed by atoms with E-state index in [1.807, 2.05) is 6.08 Å². The summed E-state index contributed by atoms with van der Waals surface area (Å²) >= 11 is 0. The maximum Gasteiger partial charge on any atom is 0.271 e. The molecule has 3 N–H and O–H groups in total. The minimum Gasteiger partial charge on any atom is -0.359 e. The molecule has 1 aliphatic rings. The monoisotopic (exact) mass is 356 g/mol. The molecular weight excluding hydrogens is 324 g/mol. The van der Waals surface area contributed by atoms with Gasteiger partial charge in [-0.05, 0) is 88.4 Å². The van der Waals surface area contributed by atoms with Gasteiger partial charge < -0.3 is 9.88 Å². The number of nitrogens with one attached hydrogen (secondary N) is 3. The first kappa shape index (κ1) is 18.8. The fourth-order valence-electron chi connectivity index (χ4n) is 3.78. The van der Waals surface area contributed by atoms with Crippen molar-refractivity contribution >= 4 is 11.6 Å². The third kappa shape index (κ3) is 4.04. The number of H-pyrrole nitrogens is 3. The number of aryl methyl sites for hydroxylation is 1. The first-order valence-corrected chi connectivity index (χ1v) is 9.75. The molecule has 3 rings (SSSR count). The molecule has 2 aromatic rings. The average Bonchev–Trinajstić information content (AvgIpc) is 3.27. The van der Waals surface area contributed by atoms with Crippen LogP contribution in [0.3, 0.4) is 0 Å². The SMILES string of the molecule is Cc1[nH]c(C=c2c(=O)[nH][nH]c2=C2CC2)c(C(C)C)c1CCCCN(C)C. The molecule has 2 aromatic heterocycles. The Labute approximate surface area is 155 Å². The maximum absolute atomic E-state index is 12.3. The number of aromatic amines is 3. The smallest absolute Gasteiger partial charge is 0.271 e. The van der Waals surface area contributed by atoms with E-state index in [0.29, 0.717) is 5.92 Å². The quantitative estimate of drug-likeness (QED) is 0.665. The molecule has 5 nitrogen and oxygen atoms in total. The van der Waals surface area contributed by atoms with Gasteiger partial charge in [-0.2, -0.15) is 0 Å². The van der Waals surface area contributed by atoms with Gasteiger partial charge in [0.2, 0.25) is 0 Å². The van der Waals surface area contributed by atoms with Crippen molar-refractivity contribution < 1.29 is 0 Å². The Bertz CT molecular complexity index is 934. The minimum atomic E-state index is -0.0334. The lowest BCUT2D eigenvalue weighted by atomic mass is 9.94. The van der Waals surface area contributed by atoms with Crippen molar-refractivity contribution in [1.82, 2.24) is 20.1 Å². The summed E-state index contributed by atoms with van der Waals surface area (Å²) in [5.74, 6) is 0.421. The first-order valence-electron chi connectivity index (χ1n) is 9.75. The largest absolute Gasteiger partial charge is 0.359 e. The lowest BCUT2D eigenvalue weighted by Gasteiger charge is -2.12. The highest BCUT2D eigenvalue weighted by atomic mass is 16.1. The van der Waals surface area contributed by atoms with Crippen molar-refractivity contribution in [1.29, 1.82) is 0 Å². The number of hydrogen-bond acceptors (Lipinski definition) is 2. The second kappa shape index (κ2) is 7.70. The van der Waals surface area contributed by atoms with Crippen molar-refractivity contribution in [3.63, 3.8) is 0 Å². The molecule has 0 amide bonds. The molecular formula is C21H32N4O. The Balaban J connectivity index is 1.98. The summed E-state index contributed by atoms with van der Waals surface area (Å²) in [5.41, 5.74) is 6.42. The Kier molecular flexibility index (Phi) is 5.56. The summed E-state index contributed by atoms with van der Waals surface area (Å²) in [5, 5.41) is 7.56. The lowest BCUT2D eigenvalue weighted by Crippen LogP contribution is -2.33. The summed E-state index contributed by atoms with van der Waals surface area (Å²) in [6.45, 7) is 7.75. The van der Waals surface area contributed by atoms with E-state index in [9.17, 15) is 4.79 Å². The van der Waals surface area contributed by atoms with Gasteiger partial charge in [0.15, 0.2) is 0 Å². The van der Waals surface area contributed by atoms with Gasteiger partial charge in [0.1, 0.15) is 0 Å². The van der Waals surface area contributed by atoms with E-state index >= 15 is 0 Å². The number of nitrogens with zero attached hydrogens (tertiary/aromatic N) is 1. The zero-order valence-electron chi connectivity index (χ0n) is 16.8. The Morgan fingerprint density at radius 1 is 1.15 bits per heavy atom. The second-order valence-electron chi connectivity index (χ2n) is 8.09. The van der Waals surface area contributed by atoms with E-state index in [-0.39, 0.29) is 5.56 Å². The topological polar surface area (TPSA) is 67.7 Å². The molecule has 0 saturated heterocycles. The minimum absolute atomic E-state index is 0.0334. The van der Waals surface area contributed by atoms with Crippen LogP contribution in [0.25, 0.3) is 11.6 Å². The molecule has 0 radical (unpaired) electrons. The van der Waals surface area contributed by atoms with Crippen LogP contribution in [-0.2, 0) is 6.42 Å². The standard InChI is InChI=1S/C21H32N4O/c1-13(2)19-16(8-6-7-11-25(4)5)14(3)22-18(19)12-17-20(15-9-10-15)23-24-21(17)26/h12-13,22-23H,6-11H2,1-5H3,(H,24,26). The summed E-state index contributed by atoms with van der Waals surface area (Å²) in [6, 6.07) is 0.